The summed E-state index contributed by atoms with van der Waals surface area (Å²) in [5.41, 5.74) is 6.25. The van der Waals surface area contributed by atoms with E-state index in [-0.39, 0.29) is 11.0 Å². The smallest absolute Gasteiger partial charge is 0.241 e. The molecule has 1 aliphatic rings. The molecule has 1 aromatic carbocycles. The molecule has 2 unspecified atom stereocenters. The van der Waals surface area contributed by atoms with E-state index in [9.17, 15) is 8.42 Å². The lowest BCUT2D eigenvalue weighted by Crippen LogP contribution is -2.50. The zero-order valence-corrected chi connectivity index (χ0v) is 12.3. The van der Waals surface area contributed by atoms with Gasteiger partial charge in [0.1, 0.15) is 0 Å². The molecule has 1 aromatic rings. The van der Waals surface area contributed by atoms with Crippen molar-refractivity contribution in [2.75, 3.05) is 12.3 Å². The van der Waals surface area contributed by atoms with Crippen LogP contribution in [0.3, 0.4) is 0 Å². The highest BCUT2D eigenvalue weighted by Crippen LogP contribution is 2.28. The van der Waals surface area contributed by atoms with Crippen LogP contribution < -0.4 is 10.5 Å². The number of benzene rings is 1. The van der Waals surface area contributed by atoms with Gasteiger partial charge in [-0.1, -0.05) is 6.07 Å². The Morgan fingerprint density at radius 2 is 2.16 bits per heavy atom. The van der Waals surface area contributed by atoms with Crippen molar-refractivity contribution in [3.05, 3.63) is 23.8 Å². The predicted molar refractivity (Wildman–Crippen MR) is 74.3 cm³/mol. The fourth-order valence-electron chi connectivity index (χ4n) is 2.25. The van der Waals surface area contributed by atoms with Gasteiger partial charge in [0.25, 0.3) is 0 Å². The van der Waals surface area contributed by atoms with Crippen LogP contribution in [0.2, 0.25) is 0 Å². The van der Waals surface area contributed by atoms with E-state index in [1.165, 1.54) is 0 Å². The van der Waals surface area contributed by atoms with Crippen LogP contribution in [0.4, 0.5) is 5.69 Å². The van der Waals surface area contributed by atoms with Gasteiger partial charge in [0.05, 0.1) is 16.5 Å². The van der Waals surface area contributed by atoms with Gasteiger partial charge in [-0.25, -0.2) is 13.1 Å². The molecule has 0 aliphatic carbocycles. The summed E-state index contributed by atoms with van der Waals surface area (Å²) in [5.74, 6) is 0. The second kappa shape index (κ2) is 4.77. The van der Waals surface area contributed by atoms with Crippen LogP contribution in [0, 0.1) is 6.92 Å². The number of hydrogen-bond donors (Lipinski definition) is 2. The summed E-state index contributed by atoms with van der Waals surface area (Å²) in [7, 11) is -3.60. The van der Waals surface area contributed by atoms with Crippen molar-refractivity contribution < 1.29 is 13.2 Å². The molecule has 0 spiro atoms. The number of hydrogen-bond acceptors (Lipinski definition) is 4. The maximum absolute atomic E-state index is 12.5. The van der Waals surface area contributed by atoms with Gasteiger partial charge in [-0.15, -0.1) is 0 Å². The van der Waals surface area contributed by atoms with Gasteiger partial charge in [0.2, 0.25) is 10.0 Å². The van der Waals surface area contributed by atoms with Crippen LogP contribution in [0.25, 0.3) is 0 Å². The first-order chi connectivity index (χ1) is 8.76. The lowest BCUT2D eigenvalue weighted by atomic mass is 9.97. The normalized spacial score (nSPS) is 27.6. The van der Waals surface area contributed by atoms with E-state index in [0.717, 1.165) is 0 Å². The van der Waals surface area contributed by atoms with Crippen LogP contribution in [0.1, 0.15) is 25.8 Å². The summed E-state index contributed by atoms with van der Waals surface area (Å²) in [6, 6.07) is 4.91. The third-order valence-electron chi connectivity index (χ3n) is 3.87. The van der Waals surface area contributed by atoms with Crippen LogP contribution in [-0.2, 0) is 14.8 Å². The standard InChI is InChI=1S/C13H20N2O3S/c1-9-11(14)5-4-6-12(9)19(16,17)15-13(3)7-8-18-10(13)2/h4-6,10,15H,7-8,14H2,1-3H3. The second-order valence-electron chi connectivity index (χ2n) is 5.26. The minimum absolute atomic E-state index is 0.149. The molecule has 1 saturated heterocycles. The summed E-state index contributed by atoms with van der Waals surface area (Å²) in [4.78, 5) is 0.229. The van der Waals surface area contributed by atoms with E-state index < -0.39 is 15.6 Å². The minimum Gasteiger partial charge on any atom is -0.398 e. The minimum atomic E-state index is -3.60. The number of rotatable bonds is 3. The Labute approximate surface area is 114 Å². The summed E-state index contributed by atoms with van der Waals surface area (Å²) >= 11 is 0. The van der Waals surface area contributed by atoms with E-state index in [1.54, 1.807) is 25.1 Å². The number of nitrogens with two attached hydrogens (primary N) is 1. The molecular weight excluding hydrogens is 264 g/mol. The van der Waals surface area contributed by atoms with Gasteiger partial charge in [0.15, 0.2) is 0 Å². The van der Waals surface area contributed by atoms with Gasteiger partial charge in [-0.05, 0) is 44.9 Å². The summed E-state index contributed by atoms with van der Waals surface area (Å²) in [6.45, 7) is 6.02. The summed E-state index contributed by atoms with van der Waals surface area (Å²) in [6.07, 6.45) is 0.512. The van der Waals surface area contributed by atoms with Crippen LogP contribution in [-0.4, -0.2) is 26.7 Å². The maximum Gasteiger partial charge on any atom is 0.241 e. The van der Waals surface area contributed by atoms with Crippen LogP contribution >= 0.6 is 0 Å². The molecule has 5 nitrogen and oxygen atoms in total. The van der Waals surface area contributed by atoms with E-state index in [1.807, 2.05) is 13.8 Å². The molecule has 0 bridgehead atoms. The Balaban J connectivity index is 2.36. The first kappa shape index (κ1) is 14.3. The quantitative estimate of drug-likeness (QED) is 0.823. The van der Waals surface area contributed by atoms with Crippen molar-refractivity contribution in [3.63, 3.8) is 0 Å². The first-order valence-corrected chi connectivity index (χ1v) is 7.75. The molecule has 0 aromatic heterocycles. The van der Waals surface area contributed by atoms with Gasteiger partial charge in [0, 0.05) is 12.3 Å². The number of sulfonamides is 1. The molecule has 2 atom stereocenters. The molecule has 2 rings (SSSR count). The Morgan fingerprint density at radius 3 is 2.74 bits per heavy atom. The molecule has 6 heteroatoms. The topological polar surface area (TPSA) is 81.4 Å². The fraction of sp³-hybridized carbons (Fsp3) is 0.538. The molecule has 19 heavy (non-hydrogen) atoms. The van der Waals surface area contributed by atoms with E-state index in [4.69, 9.17) is 10.5 Å². The third kappa shape index (κ3) is 2.61. The van der Waals surface area contributed by atoms with Gasteiger partial charge < -0.3 is 10.5 Å². The highest BCUT2D eigenvalue weighted by molar-refractivity contribution is 7.89. The molecular formula is C13H20N2O3S. The summed E-state index contributed by atoms with van der Waals surface area (Å²) < 4.78 is 33.2. The average molecular weight is 284 g/mol. The predicted octanol–water partition coefficient (Wildman–Crippen LogP) is 1.42. The van der Waals surface area contributed by atoms with Crippen LogP contribution in [0.15, 0.2) is 23.1 Å². The fourth-order valence-corrected chi connectivity index (χ4v) is 4.02. The van der Waals surface area contributed by atoms with E-state index in [2.05, 4.69) is 4.72 Å². The zero-order chi connectivity index (χ0) is 14.3. The highest BCUT2D eigenvalue weighted by atomic mass is 32.2. The Morgan fingerprint density at radius 1 is 1.47 bits per heavy atom. The molecule has 0 amide bonds. The van der Waals surface area contributed by atoms with Crippen molar-refractivity contribution in [2.45, 2.75) is 43.7 Å². The molecule has 0 radical (unpaired) electrons. The Hall–Kier alpha value is -1.11. The van der Waals surface area contributed by atoms with Crippen molar-refractivity contribution in [2.24, 2.45) is 0 Å². The molecule has 0 saturated carbocycles. The van der Waals surface area contributed by atoms with Crippen molar-refractivity contribution in [1.29, 1.82) is 0 Å². The van der Waals surface area contributed by atoms with Crippen molar-refractivity contribution in [3.8, 4) is 0 Å². The van der Waals surface area contributed by atoms with Crippen molar-refractivity contribution >= 4 is 15.7 Å². The van der Waals surface area contributed by atoms with E-state index >= 15 is 0 Å². The monoisotopic (exact) mass is 284 g/mol. The molecule has 1 fully saturated rings. The molecule has 3 N–H and O–H groups in total. The molecule has 1 aliphatic heterocycles. The highest BCUT2D eigenvalue weighted by Gasteiger charge is 2.40. The number of nitrogen functional groups attached to an aromatic ring is 1. The third-order valence-corrected chi connectivity index (χ3v) is 5.63. The number of anilines is 1. The zero-order valence-electron chi connectivity index (χ0n) is 11.4. The molecule has 106 valence electrons. The van der Waals surface area contributed by atoms with Gasteiger partial charge >= 0.3 is 0 Å². The SMILES string of the molecule is Cc1c(N)cccc1S(=O)(=O)NC1(C)CCOC1C. The first-order valence-electron chi connectivity index (χ1n) is 6.27. The Bertz CT molecular complexity index is 586. The average Bonchev–Trinajstić information content (AvgIpc) is 2.61. The largest absolute Gasteiger partial charge is 0.398 e. The maximum atomic E-state index is 12.5. The number of nitrogens with one attached hydrogen (secondary N) is 1. The Kier molecular flexibility index (Phi) is 3.59. The second-order valence-corrected chi connectivity index (χ2v) is 6.91. The van der Waals surface area contributed by atoms with Crippen LogP contribution in [0.5, 0.6) is 0 Å². The number of ether oxygens (including phenoxy) is 1. The van der Waals surface area contributed by atoms with E-state index in [0.29, 0.717) is 24.3 Å². The van der Waals surface area contributed by atoms with Gasteiger partial charge in [-0.2, -0.15) is 0 Å². The lowest BCUT2D eigenvalue weighted by Gasteiger charge is -2.28. The molecule has 1 heterocycles. The van der Waals surface area contributed by atoms with Crippen molar-refractivity contribution in [1.82, 2.24) is 4.72 Å². The van der Waals surface area contributed by atoms with Gasteiger partial charge in [-0.3, -0.25) is 0 Å². The lowest BCUT2D eigenvalue weighted by molar-refractivity contribution is 0.0957. The summed E-state index contributed by atoms with van der Waals surface area (Å²) in [5, 5.41) is 0.